The van der Waals surface area contributed by atoms with Gasteiger partial charge in [0.05, 0.1) is 0 Å². The minimum Gasteiger partial charge on any atom is -0.396 e. The molecule has 0 bridgehead atoms. The van der Waals surface area contributed by atoms with Gasteiger partial charge in [0.15, 0.2) is 0 Å². The van der Waals surface area contributed by atoms with Gasteiger partial charge < -0.3 is 10.4 Å². The van der Waals surface area contributed by atoms with Crippen molar-refractivity contribution in [1.29, 1.82) is 0 Å². The van der Waals surface area contributed by atoms with Crippen LogP contribution >= 0.6 is 11.3 Å². The van der Waals surface area contributed by atoms with Crippen LogP contribution in [0.2, 0.25) is 0 Å². The Bertz CT molecular complexity index is 286. The topological polar surface area (TPSA) is 32.3 Å². The molecule has 0 aliphatic heterocycles. The predicted molar refractivity (Wildman–Crippen MR) is 64.1 cm³/mol. The lowest BCUT2D eigenvalue weighted by atomic mass is 10.0. The predicted octanol–water partition coefficient (Wildman–Crippen LogP) is 2.56. The van der Waals surface area contributed by atoms with E-state index in [9.17, 15) is 5.11 Å². The molecule has 0 spiro atoms. The highest BCUT2D eigenvalue weighted by Gasteiger charge is 2.27. The lowest BCUT2D eigenvalue weighted by molar-refractivity contribution is 0.200. The number of hydrogen-bond acceptors (Lipinski definition) is 3. The molecular weight excluding hydrogens is 206 g/mol. The molecule has 2 nitrogen and oxygen atoms in total. The molecule has 1 aliphatic rings. The average Bonchev–Trinajstić information content (AvgIpc) is 2.87. The van der Waals surface area contributed by atoms with Gasteiger partial charge in [-0.3, -0.25) is 0 Å². The fourth-order valence-corrected chi connectivity index (χ4v) is 3.17. The van der Waals surface area contributed by atoms with Gasteiger partial charge in [-0.25, -0.2) is 0 Å². The number of aliphatic hydroxyl groups excluding tert-OH is 1. The van der Waals surface area contributed by atoms with Gasteiger partial charge in [0, 0.05) is 18.7 Å². The second-order valence-corrected chi connectivity index (χ2v) is 5.21. The van der Waals surface area contributed by atoms with E-state index in [4.69, 9.17) is 0 Å². The van der Waals surface area contributed by atoms with Crippen LogP contribution in [0.4, 0.5) is 0 Å². The van der Waals surface area contributed by atoms with E-state index in [0.717, 1.165) is 0 Å². The zero-order valence-electron chi connectivity index (χ0n) is 9.15. The van der Waals surface area contributed by atoms with E-state index >= 15 is 0 Å². The van der Waals surface area contributed by atoms with Crippen molar-refractivity contribution in [3.05, 3.63) is 22.4 Å². The molecule has 3 unspecified atom stereocenters. The van der Waals surface area contributed by atoms with Crippen molar-refractivity contribution in [1.82, 2.24) is 5.32 Å². The van der Waals surface area contributed by atoms with Crippen molar-refractivity contribution >= 4 is 11.3 Å². The van der Waals surface area contributed by atoms with E-state index in [1.54, 1.807) is 11.3 Å². The quantitative estimate of drug-likeness (QED) is 0.825. The van der Waals surface area contributed by atoms with Crippen LogP contribution in [0.25, 0.3) is 0 Å². The number of aliphatic hydroxyl groups is 1. The third-order valence-electron chi connectivity index (χ3n) is 3.40. The minimum atomic E-state index is 0.327. The number of thiophene rings is 1. The van der Waals surface area contributed by atoms with E-state index in [1.165, 1.54) is 24.8 Å². The molecular formula is C12H19NOS. The molecule has 0 amide bonds. The third kappa shape index (κ3) is 2.60. The van der Waals surface area contributed by atoms with E-state index in [1.807, 2.05) is 0 Å². The first-order chi connectivity index (χ1) is 7.31. The highest BCUT2D eigenvalue weighted by molar-refractivity contribution is 7.07. The molecule has 15 heavy (non-hydrogen) atoms. The van der Waals surface area contributed by atoms with Crippen molar-refractivity contribution in [2.75, 3.05) is 6.61 Å². The Labute approximate surface area is 95.3 Å². The molecule has 1 heterocycles. The van der Waals surface area contributed by atoms with Crippen molar-refractivity contribution in [3.63, 3.8) is 0 Å². The summed E-state index contributed by atoms with van der Waals surface area (Å²) in [7, 11) is 0. The fourth-order valence-electron chi connectivity index (χ4n) is 2.41. The van der Waals surface area contributed by atoms with Crippen LogP contribution in [0.5, 0.6) is 0 Å². The largest absolute Gasteiger partial charge is 0.396 e. The highest BCUT2D eigenvalue weighted by Crippen LogP contribution is 2.27. The maximum Gasteiger partial charge on any atom is 0.0474 e. The summed E-state index contributed by atoms with van der Waals surface area (Å²) >= 11 is 1.74. The minimum absolute atomic E-state index is 0.327. The summed E-state index contributed by atoms with van der Waals surface area (Å²) < 4.78 is 0. The second kappa shape index (κ2) is 5.10. The zero-order chi connectivity index (χ0) is 10.7. The Morgan fingerprint density at radius 1 is 1.60 bits per heavy atom. The maximum atomic E-state index is 9.24. The molecule has 2 N–H and O–H groups in total. The van der Waals surface area contributed by atoms with Crippen LogP contribution in [0.3, 0.4) is 0 Å². The van der Waals surface area contributed by atoms with E-state index < -0.39 is 0 Å². The van der Waals surface area contributed by atoms with Crippen LogP contribution in [0.15, 0.2) is 16.8 Å². The molecule has 84 valence electrons. The molecule has 3 atom stereocenters. The van der Waals surface area contributed by atoms with Crippen molar-refractivity contribution in [3.8, 4) is 0 Å². The smallest absolute Gasteiger partial charge is 0.0474 e. The normalized spacial score (nSPS) is 28.1. The van der Waals surface area contributed by atoms with Gasteiger partial charge in [0.25, 0.3) is 0 Å². The molecule has 2 rings (SSSR count). The Morgan fingerprint density at radius 3 is 3.13 bits per heavy atom. The Kier molecular flexibility index (Phi) is 3.78. The van der Waals surface area contributed by atoms with Crippen LogP contribution in [-0.4, -0.2) is 17.8 Å². The summed E-state index contributed by atoms with van der Waals surface area (Å²) in [6, 6.07) is 3.09. The van der Waals surface area contributed by atoms with Crippen LogP contribution in [-0.2, 0) is 0 Å². The highest BCUT2D eigenvalue weighted by atomic mass is 32.1. The first-order valence-corrected chi connectivity index (χ1v) is 6.64. The van der Waals surface area contributed by atoms with E-state index in [0.29, 0.717) is 24.6 Å². The standard InChI is InChI=1S/C12H19NOS/c1-9(11-5-6-15-8-11)13-12-4-2-3-10(12)7-14/h5-6,8-10,12-14H,2-4,7H2,1H3. The summed E-state index contributed by atoms with van der Waals surface area (Å²) in [5, 5.41) is 17.2. The SMILES string of the molecule is CC(NC1CCCC1CO)c1ccsc1. The molecule has 0 radical (unpaired) electrons. The van der Waals surface area contributed by atoms with Crippen LogP contribution in [0, 0.1) is 5.92 Å². The van der Waals surface area contributed by atoms with Crippen LogP contribution in [0.1, 0.15) is 37.8 Å². The Morgan fingerprint density at radius 2 is 2.47 bits per heavy atom. The van der Waals surface area contributed by atoms with Crippen molar-refractivity contribution in [2.45, 2.75) is 38.3 Å². The van der Waals surface area contributed by atoms with Crippen molar-refractivity contribution < 1.29 is 5.11 Å². The van der Waals surface area contributed by atoms with Gasteiger partial charge in [-0.05, 0) is 48.1 Å². The Hall–Kier alpha value is -0.380. The van der Waals surface area contributed by atoms with E-state index in [2.05, 4.69) is 29.1 Å². The number of hydrogen-bond donors (Lipinski definition) is 2. The lowest BCUT2D eigenvalue weighted by Crippen LogP contribution is -2.35. The molecule has 0 saturated heterocycles. The first kappa shape index (κ1) is 11.1. The fraction of sp³-hybridized carbons (Fsp3) is 0.667. The van der Waals surface area contributed by atoms with Gasteiger partial charge in [0.1, 0.15) is 0 Å². The van der Waals surface area contributed by atoms with Crippen molar-refractivity contribution in [2.24, 2.45) is 5.92 Å². The molecule has 3 heteroatoms. The van der Waals surface area contributed by atoms with E-state index in [-0.39, 0.29) is 0 Å². The number of rotatable bonds is 4. The summed E-state index contributed by atoms with van der Waals surface area (Å²) in [6.07, 6.45) is 3.63. The van der Waals surface area contributed by atoms with Crippen LogP contribution < -0.4 is 5.32 Å². The summed E-state index contributed by atoms with van der Waals surface area (Å²) in [5.74, 6) is 0.464. The molecule has 1 aromatic heterocycles. The summed E-state index contributed by atoms with van der Waals surface area (Å²) in [6.45, 7) is 2.53. The summed E-state index contributed by atoms with van der Waals surface area (Å²) in [5.41, 5.74) is 1.36. The maximum absolute atomic E-state index is 9.24. The zero-order valence-corrected chi connectivity index (χ0v) is 9.96. The lowest BCUT2D eigenvalue weighted by Gasteiger charge is -2.23. The monoisotopic (exact) mass is 225 g/mol. The van der Waals surface area contributed by atoms with Gasteiger partial charge in [-0.1, -0.05) is 6.42 Å². The molecule has 1 saturated carbocycles. The molecule has 0 aromatic carbocycles. The summed E-state index contributed by atoms with van der Waals surface area (Å²) in [4.78, 5) is 0. The molecule has 1 aliphatic carbocycles. The first-order valence-electron chi connectivity index (χ1n) is 5.70. The van der Waals surface area contributed by atoms with Gasteiger partial charge in [-0.2, -0.15) is 11.3 Å². The van der Waals surface area contributed by atoms with Gasteiger partial charge in [-0.15, -0.1) is 0 Å². The number of nitrogens with one attached hydrogen (secondary N) is 1. The Balaban J connectivity index is 1.91. The molecule has 1 fully saturated rings. The van der Waals surface area contributed by atoms with Gasteiger partial charge in [0.2, 0.25) is 0 Å². The third-order valence-corrected chi connectivity index (χ3v) is 4.10. The van der Waals surface area contributed by atoms with Gasteiger partial charge >= 0.3 is 0 Å². The average molecular weight is 225 g/mol. The second-order valence-electron chi connectivity index (χ2n) is 4.43. The molecule has 1 aromatic rings.